The van der Waals surface area contributed by atoms with Crippen molar-refractivity contribution < 1.29 is 17.9 Å². The van der Waals surface area contributed by atoms with Crippen molar-refractivity contribution in [2.45, 2.75) is 24.7 Å². The summed E-state index contributed by atoms with van der Waals surface area (Å²) in [5.74, 6) is -0.0828. The van der Waals surface area contributed by atoms with Crippen molar-refractivity contribution in [2.24, 2.45) is 5.92 Å². The third-order valence-electron chi connectivity index (χ3n) is 4.79. The highest BCUT2D eigenvalue weighted by molar-refractivity contribution is 7.89. The Labute approximate surface area is 171 Å². The summed E-state index contributed by atoms with van der Waals surface area (Å²) in [6, 6.07) is 15.0. The molecular weight excluding hydrogens is 390 g/mol. The summed E-state index contributed by atoms with van der Waals surface area (Å²) in [5, 5.41) is 11.8. The van der Waals surface area contributed by atoms with E-state index in [1.807, 2.05) is 13.0 Å². The number of carbonyl (C=O) groups is 1. The number of sulfonamides is 1. The molecule has 3 rings (SSSR count). The molecule has 0 saturated carbocycles. The number of piperidine rings is 1. The molecule has 0 spiro atoms. The molecule has 1 aliphatic heterocycles. The van der Waals surface area contributed by atoms with Crippen molar-refractivity contribution in [1.29, 1.82) is 5.26 Å². The number of nitrogens with zero attached hydrogens (tertiary/aromatic N) is 2. The zero-order chi connectivity index (χ0) is 20.9. The van der Waals surface area contributed by atoms with E-state index in [0.29, 0.717) is 43.0 Å². The number of nitrogens with one attached hydrogen (secondary N) is 1. The van der Waals surface area contributed by atoms with Gasteiger partial charge in [0.05, 0.1) is 29.1 Å². The second-order valence-corrected chi connectivity index (χ2v) is 8.73. The fourth-order valence-corrected chi connectivity index (χ4v) is 4.83. The fraction of sp³-hybridized carbons (Fsp3) is 0.333. The molecule has 2 aromatic carbocycles. The number of rotatable bonds is 6. The summed E-state index contributed by atoms with van der Waals surface area (Å²) in [6.45, 7) is 2.87. The van der Waals surface area contributed by atoms with Crippen LogP contribution in [0.5, 0.6) is 5.75 Å². The molecule has 0 bridgehead atoms. The molecule has 29 heavy (non-hydrogen) atoms. The van der Waals surface area contributed by atoms with E-state index in [4.69, 9.17) is 10.00 Å². The molecule has 152 valence electrons. The van der Waals surface area contributed by atoms with E-state index in [1.54, 1.807) is 36.4 Å². The van der Waals surface area contributed by atoms with Gasteiger partial charge < -0.3 is 10.1 Å². The number of benzene rings is 2. The van der Waals surface area contributed by atoms with Crippen LogP contribution in [0.25, 0.3) is 0 Å². The number of hydrogen-bond acceptors (Lipinski definition) is 5. The van der Waals surface area contributed by atoms with Crippen LogP contribution in [0.1, 0.15) is 25.3 Å². The van der Waals surface area contributed by atoms with Crippen molar-refractivity contribution in [1.82, 2.24) is 4.31 Å². The first-order valence-corrected chi connectivity index (χ1v) is 10.9. The lowest BCUT2D eigenvalue weighted by atomic mass is 9.98. The minimum atomic E-state index is -3.69. The molecular formula is C21H23N3O4S. The standard InChI is InChI=1S/C21H23N3O4S/c1-2-28-19-8-10-20(11-9-19)29(26,27)24-12-4-6-17(15-24)21(25)23-18-7-3-5-16(13-18)14-22/h3,5,7-11,13,17H,2,4,6,12,15H2,1H3,(H,23,25)/t17-/m1/s1. The molecule has 8 heteroatoms. The zero-order valence-electron chi connectivity index (χ0n) is 16.2. The smallest absolute Gasteiger partial charge is 0.243 e. The Balaban J connectivity index is 1.70. The number of carbonyl (C=O) groups excluding carboxylic acids is 1. The predicted molar refractivity (Wildman–Crippen MR) is 109 cm³/mol. The molecule has 1 atom stereocenters. The Hall–Kier alpha value is -2.89. The molecule has 0 aliphatic carbocycles. The topological polar surface area (TPSA) is 99.5 Å². The first-order valence-electron chi connectivity index (χ1n) is 9.48. The average molecular weight is 413 g/mol. The second kappa shape index (κ2) is 9.07. The Kier molecular flexibility index (Phi) is 6.52. The van der Waals surface area contributed by atoms with Crippen LogP contribution in [0.2, 0.25) is 0 Å². The van der Waals surface area contributed by atoms with Crippen molar-refractivity contribution in [3.8, 4) is 11.8 Å². The minimum Gasteiger partial charge on any atom is -0.494 e. The van der Waals surface area contributed by atoms with Gasteiger partial charge in [-0.2, -0.15) is 9.57 Å². The zero-order valence-corrected chi connectivity index (χ0v) is 17.0. The third kappa shape index (κ3) is 4.94. The lowest BCUT2D eigenvalue weighted by Crippen LogP contribution is -2.43. The van der Waals surface area contributed by atoms with Crippen LogP contribution in [-0.2, 0) is 14.8 Å². The molecule has 1 aliphatic rings. The van der Waals surface area contributed by atoms with Crippen molar-refractivity contribution in [3.05, 3.63) is 54.1 Å². The maximum absolute atomic E-state index is 13.0. The SMILES string of the molecule is CCOc1ccc(S(=O)(=O)N2CCC[C@@H](C(=O)Nc3cccc(C#N)c3)C2)cc1. The number of hydrogen-bond donors (Lipinski definition) is 1. The Bertz CT molecular complexity index is 1010. The highest BCUT2D eigenvalue weighted by Gasteiger charge is 2.33. The normalized spacial score (nSPS) is 17.3. The number of amides is 1. The van der Waals surface area contributed by atoms with Crippen LogP contribution in [0, 0.1) is 17.2 Å². The second-order valence-electron chi connectivity index (χ2n) is 6.79. The van der Waals surface area contributed by atoms with Gasteiger partial charge in [-0.25, -0.2) is 8.42 Å². The third-order valence-corrected chi connectivity index (χ3v) is 6.67. The van der Waals surface area contributed by atoms with Gasteiger partial charge in [0, 0.05) is 18.8 Å². The first kappa shape index (κ1) is 20.8. The maximum atomic E-state index is 13.0. The molecule has 7 nitrogen and oxygen atoms in total. The van der Waals surface area contributed by atoms with Crippen molar-refractivity contribution >= 4 is 21.6 Å². The molecule has 0 unspecified atom stereocenters. The first-order chi connectivity index (χ1) is 13.9. The van der Waals surface area contributed by atoms with Gasteiger partial charge in [0.2, 0.25) is 15.9 Å². The Morgan fingerprint density at radius 2 is 2.03 bits per heavy atom. The lowest BCUT2D eigenvalue weighted by molar-refractivity contribution is -0.120. The van der Waals surface area contributed by atoms with Crippen molar-refractivity contribution in [2.75, 3.05) is 25.0 Å². The summed E-state index contributed by atoms with van der Waals surface area (Å²) >= 11 is 0. The van der Waals surface area contributed by atoms with Crippen LogP contribution in [0.4, 0.5) is 5.69 Å². The van der Waals surface area contributed by atoms with Crippen LogP contribution >= 0.6 is 0 Å². The number of nitriles is 1. The monoisotopic (exact) mass is 413 g/mol. The molecule has 0 radical (unpaired) electrons. The average Bonchev–Trinajstić information content (AvgIpc) is 2.74. The highest BCUT2D eigenvalue weighted by Crippen LogP contribution is 2.26. The van der Waals surface area contributed by atoms with Gasteiger partial charge in [-0.1, -0.05) is 6.07 Å². The van der Waals surface area contributed by atoms with Gasteiger partial charge in [-0.15, -0.1) is 0 Å². The molecule has 1 heterocycles. The van der Waals surface area contributed by atoms with Gasteiger partial charge in [0.15, 0.2) is 0 Å². The van der Waals surface area contributed by atoms with E-state index < -0.39 is 15.9 Å². The quantitative estimate of drug-likeness (QED) is 0.785. The summed E-state index contributed by atoms with van der Waals surface area (Å²) in [7, 11) is -3.69. The van der Waals surface area contributed by atoms with Crippen LogP contribution in [0.3, 0.4) is 0 Å². The van der Waals surface area contributed by atoms with Crippen LogP contribution in [0.15, 0.2) is 53.4 Å². The van der Waals surface area contributed by atoms with E-state index in [0.717, 1.165) is 0 Å². The van der Waals surface area contributed by atoms with Gasteiger partial charge in [0.25, 0.3) is 0 Å². The number of anilines is 1. The minimum absolute atomic E-state index is 0.124. The largest absolute Gasteiger partial charge is 0.494 e. The van der Waals surface area contributed by atoms with Gasteiger partial charge in [0.1, 0.15) is 5.75 Å². The Morgan fingerprint density at radius 3 is 2.72 bits per heavy atom. The van der Waals surface area contributed by atoms with Gasteiger partial charge >= 0.3 is 0 Å². The molecule has 1 fully saturated rings. The van der Waals surface area contributed by atoms with Gasteiger partial charge in [-0.05, 0) is 62.2 Å². The van der Waals surface area contributed by atoms with E-state index in [9.17, 15) is 13.2 Å². The van der Waals surface area contributed by atoms with E-state index in [-0.39, 0.29) is 17.3 Å². The summed E-state index contributed by atoms with van der Waals surface area (Å²) in [6.07, 6.45) is 1.21. The van der Waals surface area contributed by atoms with E-state index in [2.05, 4.69) is 5.32 Å². The molecule has 2 aromatic rings. The molecule has 1 N–H and O–H groups in total. The Morgan fingerprint density at radius 1 is 1.28 bits per heavy atom. The van der Waals surface area contributed by atoms with Crippen molar-refractivity contribution in [3.63, 3.8) is 0 Å². The van der Waals surface area contributed by atoms with Crippen LogP contribution in [-0.4, -0.2) is 38.3 Å². The fourth-order valence-electron chi connectivity index (χ4n) is 3.31. The summed E-state index contributed by atoms with van der Waals surface area (Å²) in [5.41, 5.74) is 0.978. The molecule has 0 aromatic heterocycles. The molecule has 1 saturated heterocycles. The van der Waals surface area contributed by atoms with Gasteiger partial charge in [-0.3, -0.25) is 4.79 Å². The summed E-state index contributed by atoms with van der Waals surface area (Å²) in [4.78, 5) is 12.8. The highest BCUT2D eigenvalue weighted by atomic mass is 32.2. The predicted octanol–water partition coefficient (Wildman–Crippen LogP) is 3.00. The van der Waals surface area contributed by atoms with E-state index >= 15 is 0 Å². The van der Waals surface area contributed by atoms with Crippen LogP contribution < -0.4 is 10.1 Å². The lowest BCUT2D eigenvalue weighted by Gasteiger charge is -2.31. The molecule has 1 amide bonds. The van der Waals surface area contributed by atoms with E-state index in [1.165, 1.54) is 16.4 Å². The summed E-state index contributed by atoms with van der Waals surface area (Å²) < 4.78 is 32.7. The maximum Gasteiger partial charge on any atom is 0.243 e. The number of ether oxygens (including phenoxy) is 1.